The highest BCUT2D eigenvalue weighted by atomic mass is 32.2. The van der Waals surface area contributed by atoms with Crippen molar-refractivity contribution in [2.24, 2.45) is 5.73 Å². The maximum atomic E-state index is 15.1. The molecule has 0 fully saturated rings. The van der Waals surface area contributed by atoms with E-state index in [0.717, 1.165) is 24.5 Å². The number of nitrogens with two attached hydrogens (primary N) is 1. The molecule has 3 aromatic rings. The fourth-order valence-corrected chi connectivity index (χ4v) is 6.37. The Bertz CT molecular complexity index is 1310. The Morgan fingerprint density at radius 3 is 2.55 bits per heavy atom. The van der Waals surface area contributed by atoms with Gasteiger partial charge in [-0.2, -0.15) is 13.2 Å². The number of ether oxygens (including phenoxy) is 1. The highest BCUT2D eigenvalue weighted by molar-refractivity contribution is 7.99. The molecule has 5 nitrogen and oxygen atoms in total. The van der Waals surface area contributed by atoms with E-state index < -0.39 is 40.6 Å². The molecule has 204 valence electrons. The number of aryl methyl sites for hydroxylation is 1. The number of pyridine rings is 1. The predicted octanol–water partition coefficient (Wildman–Crippen LogP) is 5.72. The van der Waals surface area contributed by atoms with Gasteiger partial charge in [-0.05, 0) is 56.1 Å². The van der Waals surface area contributed by atoms with Crippen LogP contribution in [0, 0.1) is 12.7 Å². The molecule has 3 atom stereocenters. The first kappa shape index (κ1) is 28.2. The van der Waals surface area contributed by atoms with E-state index in [-0.39, 0.29) is 17.4 Å². The number of methoxy groups -OCH3 is 1. The van der Waals surface area contributed by atoms with Crippen molar-refractivity contribution < 1.29 is 22.3 Å². The fourth-order valence-electron chi connectivity index (χ4n) is 5.07. The molecule has 10 heteroatoms. The molecule has 0 spiro atoms. The summed E-state index contributed by atoms with van der Waals surface area (Å²) in [6, 6.07) is 14.0. The van der Waals surface area contributed by atoms with Crippen molar-refractivity contribution in [3.63, 3.8) is 0 Å². The second-order valence-corrected chi connectivity index (χ2v) is 10.3. The van der Waals surface area contributed by atoms with E-state index in [1.165, 1.54) is 42.5 Å². The van der Waals surface area contributed by atoms with E-state index in [4.69, 9.17) is 10.5 Å². The van der Waals surface area contributed by atoms with Gasteiger partial charge in [0.2, 0.25) is 0 Å². The molecule has 3 unspecified atom stereocenters. The Kier molecular flexibility index (Phi) is 8.85. The summed E-state index contributed by atoms with van der Waals surface area (Å²) in [6.07, 6.45) is -3.26. The number of thioether (sulfide) groups is 1. The summed E-state index contributed by atoms with van der Waals surface area (Å²) in [5, 5.41) is 4.10. The molecule has 0 bridgehead atoms. The topological polar surface area (TPSA) is 69.3 Å². The molecule has 1 aromatic heterocycles. The maximum Gasteiger partial charge on any atom is 0.400 e. The third-order valence-electron chi connectivity index (χ3n) is 6.86. The van der Waals surface area contributed by atoms with Gasteiger partial charge in [-0.1, -0.05) is 42.5 Å². The Hall–Kier alpha value is -2.82. The maximum absolute atomic E-state index is 15.1. The second-order valence-electron chi connectivity index (χ2n) is 9.31. The molecule has 38 heavy (non-hydrogen) atoms. The Labute approximate surface area is 223 Å². The van der Waals surface area contributed by atoms with Gasteiger partial charge in [-0.3, -0.25) is 9.36 Å². The number of fused-ring (bicyclic) bond motifs is 1. The lowest BCUT2D eigenvalue weighted by molar-refractivity contribution is -0.142. The number of halogens is 4. The molecular formula is C28H31F4N3O2S. The number of hydrogen-bond donors (Lipinski definition) is 2. The minimum Gasteiger partial charge on any atom is -0.494 e. The zero-order valence-corrected chi connectivity index (χ0v) is 22.0. The van der Waals surface area contributed by atoms with Crippen LogP contribution in [0.4, 0.5) is 17.6 Å². The summed E-state index contributed by atoms with van der Waals surface area (Å²) in [5.74, 6) is -3.38. The smallest absolute Gasteiger partial charge is 0.400 e. The molecule has 0 saturated carbocycles. The first-order valence-electron chi connectivity index (χ1n) is 12.4. The van der Waals surface area contributed by atoms with Crippen LogP contribution in [0.15, 0.2) is 64.4 Å². The molecule has 0 aliphatic carbocycles. The van der Waals surface area contributed by atoms with E-state index >= 15 is 4.39 Å². The first-order chi connectivity index (χ1) is 18.2. The van der Waals surface area contributed by atoms with Crippen LogP contribution in [-0.4, -0.2) is 36.7 Å². The number of unbranched alkanes of at least 4 members (excludes halogenated alkanes) is 1. The first-order valence-corrected chi connectivity index (χ1v) is 13.4. The summed E-state index contributed by atoms with van der Waals surface area (Å²) in [5.41, 5.74) is 4.86. The fraction of sp³-hybridized carbons (Fsp3) is 0.393. The Morgan fingerprint density at radius 1 is 1.16 bits per heavy atom. The van der Waals surface area contributed by atoms with Gasteiger partial charge in [0, 0.05) is 16.9 Å². The monoisotopic (exact) mass is 549 g/mol. The summed E-state index contributed by atoms with van der Waals surface area (Å²) in [6.45, 7) is 2.67. The van der Waals surface area contributed by atoms with Gasteiger partial charge in [0.05, 0.1) is 24.2 Å². The van der Waals surface area contributed by atoms with Crippen molar-refractivity contribution in [2.75, 3.05) is 26.0 Å². The molecule has 3 N–H and O–H groups in total. The van der Waals surface area contributed by atoms with E-state index in [1.807, 2.05) is 30.3 Å². The van der Waals surface area contributed by atoms with Crippen LogP contribution in [-0.2, 0) is 0 Å². The van der Waals surface area contributed by atoms with Crippen molar-refractivity contribution in [1.82, 2.24) is 9.88 Å². The molecule has 1 aliphatic rings. The van der Waals surface area contributed by atoms with E-state index in [2.05, 4.69) is 5.32 Å². The molecular weight excluding hydrogens is 518 g/mol. The normalized spacial score (nSPS) is 16.8. The van der Waals surface area contributed by atoms with E-state index in [1.54, 1.807) is 6.07 Å². The Morgan fingerprint density at radius 2 is 1.89 bits per heavy atom. The Balaban J connectivity index is 1.85. The van der Waals surface area contributed by atoms with Gasteiger partial charge < -0.3 is 15.8 Å². The molecule has 4 rings (SSSR count). The van der Waals surface area contributed by atoms with Gasteiger partial charge in [-0.25, -0.2) is 4.39 Å². The van der Waals surface area contributed by atoms with Gasteiger partial charge in [0.25, 0.3) is 5.56 Å². The van der Waals surface area contributed by atoms with Crippen LogP contribution in [0.1, 0.15) is 53.1 Å². The molecule has 2 heterocycles. The molecule has 2 aromatic carbocycles. The van der Waals surface area contributed by atoms with Crippen LogP contribution < -0.4 is 21.3 Å². The van der Waals surface area contributed by atoms with Crippen molar-refractivity contribution in [1.29, 1.82) is 0 Å². The van der Waals surface area contributed by atoms with Crippen molar-refractivity contribution >= 4 is 11.8 Å². The summed E-state index contributed by atoms with van der Waals surface area (Å²) >= 11 is 1.43. The number of aromatic nitrogens is 1. The van der Waals surface area contributed by atoms with Crippen molar-refractivity contribution in [3.05, 3.63) is 93.0 Å². The van der Waals surface area contributed by atoms with E-state index in [0.29, 0.717) is 23.9 Å². The van der Waals surface area contributed by atoms with E-state index in [9.17, 15) is 18.0 Å². The second kappa shape index (κ2) is 11.9. The van der Waals surface area contributed by atoms with Gasteiger partial charge in [-0.15, -0.1) is 11.8 Å². The van der Waals surface area contributed by atoms with Crippen molar-refractivity contribution in [2.45, 2.75) is 49.0 Å². The zero-order chi connectivity index (χ0) is 27.4. The van der Waals surface area contributed by atoms with Gasteiger partial charge in [0.15, 0.2) is 11.6 Å². The number of benzene rings is 2. The number of nitrogens with zero attached hydrogens (tertiary/aromatic N) is 1. The van der Waals surface area contributed by atoms with Crippen LogP contribution >= 0.6 is 11.8 Å². The highest BCUT2D eigenvalue weighted by Gasteiger charge is 2.47. The molecule has 0 amide bonds. The minimum atomic E-state index is -4.91. The van der Waals surface area contributed by atoms with Gasteiger partial charge in [0.1, 0.15) is 5.92 Å². The van der Waals surface area contributed by atoms with Crippen LogP contribution in [0.25, 0.3) is 0 Å². The summed E-state index contributed by atoms with van der Waals surface area (Å²) in [7, 11) is 1.19. The number of alkyl halides is 3. The lowest BCUT2D eigenvalue weighted by atomic mass is 9.88. The third-order valence-corrected chi connectivity index (χ3v) is 7.98. The van der Waals surface area contributed by atoms with Crippen LogP contribution in [0.3, 0.4) is 0 Å². The quantitative estimate of drug-likeness (QED) is 0.250. The largest absolute Gasteiger partial charge is 0.494 e. The average Bonchev–Trinajstić information content (AvgIpc) is 3.30. The van der Waals surface area contributed by atoms with Crippen molar-refractivity contribution in [3.8, 4) is 5.75 Å². The molecule has 1 aliphatic heterocycles. The zero-order valence-electron chi connectivity index (χ0n) is 21.2. The number of hydrogen-bond acceptors (Lipinski definition) is 5. The number of nitrogens with one attached hydrogen (secondary N) is 1. The lowest BCUT2D eigenvalue weighted by Crippen LogP contribution is -2.39. The third kappa shape index (κ3) is 5.62. The SMILES string of the molecule is COc1cccc(C(c2c(C)cc3n(c2=O)C(C(NCCCCN)c2ccccc2)CS3)C(F)(F)F)c1F. The van der Waals surface area contributed by atoms with Crippen LogP contribution in [0.5, 0.6) is 5.75 Å². The summed E-state index contributed by atoms with van der Waals surface area (Å²) < 4.78 is 65.3. The van der Waals surface area contributed by atoms with Gasteiger partial charge >= 0.3 is 6.18 Å². The minimum absolute atomic E-state index is 0.172. The number of rotatable bonds is 10. The van der Waals surface area contributed by atoms with Crippen LogP contribution in [0.2, 0.25) is 0 Å². The average molecular weight is 550 g/mol. The standard InChI is InChI=1S/C28H31F4N3O2S/c1-17-15-22-35(20(16-38-22)26(34-14-7-6-13-33)18-9-4-3-5-10-18)27(36)23(17)24(28(30,31)32)19-11-8-12-21(37-2)25(19)29/h3-5,8-12,15,20,24,26,34H,6-7,13-14,16,33H2,1-2H3. The predicted molar refractivity (Wildman–Crippen MR) is 142 cm³/mol. The summed E-state index contributed by atoms with van der Waals surface area (Å²) in [4.78, 5) is 14.0. The molecule has 0 saturated heterocycles. The molecule has 0 radical (unpaired) electrons. The lowest BCUT2D eigenvalue weighted by Gasteiger charge is -2.29. The highest BCUT2D eigenvalue weighted by Crippen LogP contribution is 2.45.